The van der Waals surface area contributed by atoms with Crippen molar-refractivity contribution in [2.24, 2.45) is 0 Å². The van der Waals surface area contributed by atoms with E-state index in [0.717, 1.165) is 36.4 Å². The molecule has 20 heavy (non-hydrogen) atoms. The van der Waals surface area contributed by atoms with Crippen LogP contribution < -0.4 is 10.1 Å². The van der Waals surface area contributed by atoms with Gasteiger partial charge in [-0.2, -0.15) is 5.26 Å². The second-order valence-electron chi connectivity index (χ2n) is 4.84. The molecule has 0 spiro atoms. The molecule has 1 aliphatic heterocycles. The predicted molar refractivity (Wildman–Crippen MR) is 77.0 cm³/mol. The van der Waals surface area contributed by atoms with E-state index >= 15 is 0 Å². The van der Waals surface area contributed by atoms with Gasteiger partial charge in [-0.3, -0.25) is 0 Å². The molecule has 1 aromatic heterocycles. The maximum atomic E-state index is 9.23. The van der Waals surface area contributed by atoms with Gasteiger partial charge in [0.2, 0.25) is 5.88 Å². The Bertz CT molecular complexity index is 689. The number of rotatable bonds is 2. The van der Waals surface area contributed by atoms with Crippen LogP contribution in [0.5, 0.6) is 11.6 Å². The summed E-state index contributed by atoms with van der Waals surface area (Å²) in [5.41, 5.74) is 3.63. The van der Waals surface area contributed by atoms with Crippen LogP contribution in [0.2, 0.25) is 0 Å². The molecule has 0 unspecified atom stereocenters. The Morgan fingerprint density at radius 3 is 3.10 bits per heavy atom. The number of nitrogens with zero attached hydrogens (tertiary/aromatic N) is 2. The van der Waals surface area contributed by atoms with E-state index in [2.05, 4.69) is 22.4 Å². The first-order chi connectivity index (χ1) is 9.79. The zero-order valence-electron chi connectivity index (χ0n) is 11.3. The van der Waals surface area contributed by atoms with E-state index in [-0.39, 0.29) is 0 Å². The van der Waals surface area contributed by atoms with Crippen molar-refractivity contribution in [2.45, 2.75) is 19.8 Å². The molecule has 4 nitrogen and oxygen atoms in total. The predicted octanol–water partition coefficient (Wildman–Crippen LogP) is 3.41. The summed E-state index contributed by atoms with van der Waals surface area (Å²) in [4.78, 5) is 4.18. The van der Waals surface area contributed by atoms with Gasteiger partial charge in [0.05, 0.1) is 5.69 Å². The van der Waals surface area contributed by atoms with Crippen molar-refractivity contribution in [3.8, 4) is 17.7 Å². The Balaban J connectivity index is 2.01. The number of aryl methyl sites for hydroxylation is 2. The molecule has 1 aliphatic rings. The highest BCUT2D eigenvalue weighted by atomic mass is 16.5. The Hall–Kier alpha value is -2.54. The fraction of sp³-hybridized carbons (Fsp3) is 0.250. The van der Waals surface area contributed by atoms with Crippen LogP contribution in [0.25, 0.3) is 0 Å². The Morgan fingerprint density at radius 1 is 1.35 bits per heavy atom. The highest BCUT2D eigenvalue weighted by Crippen LogP contribution is 2.35. The van der Waals surface area contributed by atoms with Crippen LogP contribution in [0.15, 0.2) is 30.5 Å². The lowest BCUT2D eigenvalue weighted by Crippen LogP contribution is -2.12. The molecule has 2 aromatic rings. The lowest BCUT2D eigenvalue weighted by molar-refractivity contribution is 0.461. The first-order valence-corrected chi connectivity index (χ1v) is 6.69. The number of aromatic nitrogens is 1. The number of anilines is 1. The summed E-state index contributed by atoms with van der Waals surface area (Å²) in [7, 11) is 0. The number of nitriles is 1. The number of ether oxygens (including phenoxy) is 1. The first-order valence-electron chi connectivity index (χ1n) is 6.69. The minimum Gasteiger partial charge on any atom is -0.435 e. The van der Waals surface area contributed by atoms with Gasteiger partial charge in [0.1, 0.15) is 11.6 Å². The number of pyridine rings is 1. The lowest BCUT2D eigenvalue weighted by atomic mass is 10.0. The molecule has 0 amide bonds. The van der Waals surface area contributed by atoms with E-state index in [1.165, 1.54) is 5.56 Å². The van der Waals surface area contributed by atoms with Gasteiger partial charge in [0, 0.05) is 12.7 Å². The average molecular weight is 265 g/mol. The third-order valence-corrected chi connectivity index (χ3v) is 3.48. The van der Waals surface area contributed by atoms with Crippen molar-refractivity contribution >= 4 is 5.69 Å². The second-order valence-corrected chi connectivity index (χ2v) is 4.84. The summed E-state index contributed by atoms with van der Waals surface area (Å²) in [5.74, 6) is 1.10. The van der Waals surface area contributed by atoms with Gasteiger partial charge in [-0.1, -0.05) is 12.1 Å². The zero-order valence-corrected chi connectivity index (χ0v) is 11.3. The molecule has 2 heterocycles. The van der Waals surface area contributed by atoms with Gasteiger partial charge in [-0.25, -0.2) is 4.98 Å². The Morgan fingerprint density at radius 2 is 2.25 bits per heavy atom. The number of nitrogens with one attached hydrogen (secondary N) is 1. The van der Waals surface area contributed by atoms with Crippen molar-refractivity contribution in [2.75, 3.05) is 11.9 Å². The number of para-hydroxylation sites is 1. The molecule has 0 bridgehead atoms. The molecule has 4 heteroatoms. The maximum absolute atomic E-state index is 9.23. The van der Waals surface area contributed by atoms with Gasteiger partial charge < -0.3 is 10.1 Å². The van der Waals surface area contributed by atoms with Gasteiger partial charge in [-0.05, 0) is 43.0 Å². The lowest BCUT2D eigenvalue weighted by Gasteiger charge is -2.21. The number of fused-ring (bicyclic) bond motifs is 1. The smallest absolute Gasteiger partial charge is 0.237 e. The maximum Gasteiger partial charge on any atom is 0.237 e. The van der Waals surface area contributed by atoms with Crippen LogP contribution in [0.4, 0.5) is 5.69 Å². The zero-order chi connectivity index (χ0) is 13.9. The first kappa shape index (κ1) is 12.5. The highest BCUT2D eigenvalue weighted by molar-refractivity contribution is 5.64. The fourth-order valence-electron chi connectivity index (χ4n) is 2.41. The third-order valence-electron chi connectivity index (χ3n) is 3.48. The average Bonchev–Trinajstić information content (AvgIpc) is 2.48. The van der Waals surface area contributed by atoms with Crippen molar-refractivity contribution < 1.29 is 4.74 Å². The van der Waals surface area contributed by atoms with Crippen molar-refractivity contribution in [3.05, 3.63) is 47.2 Å². The quantitative estimate of drug-likeness (QED) is 0.904. The monoisotopic (exact) mass is 265 g/mol. The molecule has 0 saturated carbocycles. The molecule has 0 atom stereocenters. The molecule has 0 aliphatic carbocycles. The molecule has 1 N–H and O–H groups in total. The Kier molecular flexibility index (Phi) is 3.26. The van der Waals surface area contributed by atoms with E-state index in [9.17, 15) is 5.26 Å². The summed E-state index contributed by atoms with van der Waals surface area (Å²) in [5, 5.41) is 12.6. The van der Waals surface area contributed by atoms with Crippen molar-refractivity contribution in [1.29, 1.82) is 5.26 Å². The SMILES string of the molecule is Cc1ccnc(Oc2cccc3c2NCCC3)c1C#N. The van der Waals surface area contributed by atoms with Gasteiger partial charge in [0.15, 0.2) is 5.75 Å². The van der Waals surface area contributed by atoms with Crippen LogP contribution in [-0.2, 0) is 6.42 Å². The normalized spacial score (nSPS) is 13.0. The molecule has 100 valence electrons. The van der Waals surface area contributed by atoms with E-state index in [0.29, 0.717) is 11.4 Å². The van der Waals surface area contributed by atoms with Gasteiger partial charge in [-0.15, -0.1) is 0 Å². The molecule has 1 aromatic carbocycles. The number of hydrogen-bond acceptors (Lipinski definition) is 4. The van der Waals surface area contributed by atoms with Gasteiger partial charge >= 0.3 is 0 Å². The summed E-state index contributed by atoms with van der Waals surface area (Å²) in [6, 6.07) is 9.95. The summed E-state index contributed by atoms with van der Waals surface area (Å²) >= 11 is 0. The largest absolute Gasteiger partial charge is 0.435 e. The molecule has 0 saturated heterocycles. The van der Waals surface area contributed by atoms with E-state index < -0.39 is 0 Å². The van der Waals surface area contributed by atoms with E-state index in [1.54, 1.807) is 6.20 Å². The summed E-state index contributed by atoms with van der Waals surface area (Å²) in [6.45, 7) is 2.82. The number of benzene rings is 1. The van der Waals surface area contributed by atoms with E-state index in [4.69, 9.17) is 4.74 Å². The minimum absolute atomic E-state index is 0.369. The Labute approximate surface area is 118 Å². The topological polar surface area (TPSA) is 57.9 Å². The van der Waals surface area contributed by atoms with Crippen molar-refractivity contribution in [1.82, 2.24) is 4.98 Å². The molecular weight excluding hydrogens is 250 g/mol. The van der Waals surface area contributed by atoms with Crippen LogP contribution in [0.1, 0.15) is 23.1 Å². The third kappa shape index (κ3) is 2.19. The molecule has 0 fully saturated rings. The highest BCUT2D eigenvalue weighted by Gasteiger charge is 2.16. The molecular formula is C16H15N3O. The van der Waals surface area contributed by atoms with Crippen LogP contribution in [-0.4, -0.2) is 11.5 Å². The van der Waals surface area contributed by atoms with Crippen molar-refractivity contribution in [3.63, 3.8) is 0 Å². The summed E-state index contributed by atoms with van der Waals surface area (Å²) in [6.07, 6.45) is 3.84. The molecule has 3 rings (SSSR count). The standard InChI is InChI=1S/C16H15N3O/c1-11-7-9-19-16(13(11)10-17)20-14-6-2-4-12-5-3-8-18-15(12)14/h2,4,6-7,9,18H,3,5,8H2,1H3. The van der Waals surface area contributed by atoms with Crippen LogP contribution in [0.3, 0.4) is 0 Å². The molecule has 0 radical (unpaired) electrons. The summed E-state index contributed by atoms with van der Waals surface area (Å²) < 4.78 is 5.88. The number of hydrogen-bond donors (Lipinski definition) is 1. The minimum atomic E-state index is 0.369. The van der Waals surface area contributed by atoms with Crippen LogP contribution in [0, 0.1) is 18.3 Å². The second kappa shape index (κ2) is 5.22. The van der Waals surface area contributed by atoms with E-state index in [1.807, 2.05) is 25.1 Å². The van der Waals surface area contributed by atoms with Gasteiger partial charge in [0.25, 0.3) is 0 Å². The van der Waals surface area contributed by atoms with Crippen LogP contribution >= 0.6 is 0 Å². The fourth-order valence-corrected chi connectivity index (χ4v) is 2.41.